The minimum Gasteiger partial charge on any atom is -0.388 e. The van der Waals surface area contributed by atoms with Gasteiger partial charge in [0, 0.05) is 25.0 Å². The molecule has 2 aliphatic rings. The molecule has 0 aromatic carbocycles. The maximum atomic E-state index is 11.7. The fourth-order valence-electron chi connectivity index (χ4n) is 2.07. The number of rotatable bonds is 1. The smallest absolute Gasteiger partial charge is 0.225 e. The molecule has 4 N–H and O–H groups in total. The summed E-state index contributed by atoms with van der Waals surface area (Å²) in [6, 6.07) is 0.154. The highest BCUT2D eigenvalue weighted by Crippen LogP contribution is 2.28. The van der Waals surface area contributed by atoms with Gasteiger partial charge in [0.25, 0.3) is 0 Å². The Bertz CT molecular complexity index is 230. The van der Waals surface area contributed by atoms with Crippen molar-refractivity contribution in [2.24, 2.45) is 11.7 Å². The predicted molar refractivity (Wildman–Crippen MR) is 49.3 cm³/mol. The van der Waals surface area contributed by atoms with Crippen molar-refractivity contribution in [3.8, 4) is 0 Å². The fraction of sp³-hybridized carbons (Fsp3) is 0.889. The highest BCUT2D eigenvalue weighted by molar-refractivity contribution is 5.80. The number of aliphatic hydroxyl groups excluding tert-OH is 2. The van der Waals surface area contributed by atoms with Crippen molar-refractivity contribution in [3.63, 3.8) is 0 Å². The predicted octanol–water partition coefficient (Wildman–Crippen LogP) is -1.71. The largest absolute Gasteiger partial charge is 0.388 e. The summed E-state index contributed by atoms with van der Waals surface area (Å²) in [7, 11) is 0. The minimum atomic E-state index is -0.785. The summed E-state index contributed by atoms with van der Waals surface area (Å²) < 4.78 is 0. The Morgan fingerprint density at radius 2 is 1.71 bits per heavy atom. The van der Waals surface area contributed by atoms with Crippen molar-refractivity contribution in [2.75, 3.05) is 13.1 Å². The number of likely N-dealkylation sites (tertiary alicyclic amines) is 1. The molecule has 1 heterocycles. The van der Waals surface area contributed by atoms with Crippen LogP contribution >= 0.6 is 0 Å². The zero-order chi connectivity index (χ0) is 10.3. The molecule has 0 aromatic rings. The number of carbonyl (C=O) groups is 1. The minimum absolute atomic E-state index is 0.0162. The van der Waals surface area contributed by atoms with Gasteiger partial charge in [-0.3, -0.25) is 4.79 Å². The lowest BCUT2D eigenvalue weighted by molar-refractivity contribution is -0.138. The second-order valence-electron chi connectivity index (χ2n) is 4.31. The van der Waals surface area contributed by atoms with E-state index in [4.69, 9.17) is 5.73 Å². The molecule has 1 saturated carbocycles. The first-order valence-electron chi connectivity index (χ1n) is 4.98. The molecule has 1 saturated heterocycles. The van der Waals surface area contributed by atoms with Crippen LogP contribution in [0.5, 0.6) is 0 Å². The van der Waals surface area contributed by atoms with Crippen LogP contribution in [0.15, 0.2) is 0 Å². The van der Waals surface area contributed by atoms with Crippen molar-refractivity contribution in [1.29, 1.82) is 0 Å². The first-order valence-corrected chi connectivity index (χ1v) is 4.98. The van der Waals surface area contributed by atoms with Gasteiger partial charge in [-0.25, -0.2) is 0 Å². The van der Waals surface area contributed by atoms with Gasteiger partial charge in [0.05, 0.1) is 12.2 Å². The Balaban J connectivity index is 1.87. The summed E-state index contributed by atoms with van der Waals surface area (Å²) in [5.74, 6) is 0.0461. The van der Waals surface area contributed by atoms with E-state index in [1.165, 1.54) is 4.90 Å². The van der Waals surface area contributed by atoms with Crippen molar-refractivity contribution in [2.45, 2.75) is 31.1 Å². The van der Waals surface area contributed by atoms with Crippen LogP contribution in [0.3, 0.4) is 0 Å². The van der Waals surface area contributed by atoms with Crippen molar-refractivity contribution >= 4 is 5.91 Å². The zero-order valence-electron chi connectivity index (χ0n) is 7.97. The lowest BCUT2D eigenvalue weighted by Crippen LogP contribution is -2.46. The number of nitrogens with two attached hydrogens (primary N) is 1. The van der Waals surface area contributed by atoms with Gasteiger partial charge in [0.1, 0.15) is 0 Å². The van der Waals surface area contributed by atoms with Crippen LogP contribution in [0, 0.1) is 5.92 Å². The molecule has 0 bridgehead atoms. The second-order valence-corrected chi connectivity index (χ2v) is 4.31. The molecular weight excluding hydrogens is 184 g/mol. The monoisotopic (exact) mass is 200 g/mol. The third kappa shape index (κ3) is 1.63. The van der Waals surface area contributed by atoms with E-state index in [1.807, 2.05) is 0 Å². The zero-order valence-corrected chi connectivity index (χ0v) is 7.97. The summed E-state index contributed by atoms with van der Waals surface area (Å²) in [5, 5.41) is 18.5. The third-order valence-corrected chi connectivity index (χ3v) is 3.09. The van der Waals surface area contributed by atoms with Crippen molar-refractivity contribution in [1.82, 2.24) is 4.90 Å². The van der Waals surface area contributed by atoms with Crippen LogP contribution in [0.25, 0.3) is 0 Å². The molecule has 2 unspecified atom stereocenters. The topological polar surface area (TPSA) is 86.8 Å². The average molecular weight is 200 g/mol. The Labute approximate surface area is 82.5 Å². The van der Waals surface area contributed by atoms with Gasteiger partial charge in [-0.2, -0.15) is 0 Å². The standard InChI is InChI=1S/C9H16N2O3/c10-6-1-5(2-6)9(14)11-3-7(12)8(13)4-11/h5-8,12-13H,1-4,10H2. The van der Waals surface area contributed by atoms with Crippen molar-refractivity contribution in [3.05, 3.63) is 0 Å². The summed E-state index contributed by atoms with van der Waals surface area (Å²) in [4.78, 5) is 13.2. The van der Waals surface area contributed by atoms with Crippen LogP contribution < -0.4 is 5.73 Å². The molecule has 80 valence electrons. The molecule has 1 aliphatic heterocycles. The van der Waals surface area contributed by atoms with Crippen LogP contribution in [-0.2, 0) is 4.79 Å². The lowest BCUT2D eigenvalue weighted by atomic mass is 9.80. The number of carbonyl (C=O) groups excluding carboxylic acids is 1. The summed E-state index contributed by atoms with van der Waals surface area (Å²) in [6.45, 7) is 0.511. The average Bonchev–Trinajstić information content (AvgIpc) is 2.41. The van der Waals surface area contributed by atoms with E-state index in [2.05, 4.69) is 0 Å². The molecule has 1 amide bonds. The first kappa shape index (κ1) is 9.89. The van der Waals surface area contributed by atoms with Gasteiger partial charge >= 0.3 is 0 Å². The van der Waals surface area contributed by atoms with E-state index >= 15 is 0 Å². The number of amides is 1. The molecule has 2 rings (SSSR count). The van der Waals surface area contributed by atoms with Gasteiger partial charge in [-0.15, -0.1) is 0 Å². The van der Waals surface area contributed by atoms with Gasteiger partial charge in [-0.05, 0) is 12.8 Å². The molecule has 2 fully saturated rings. The van der Waals surface area contributed by atoms with Crippen LogP contribution in [0.2, 0.25) is 0 Å². The molecule has 1 aliphatic carbocycles. The van der Waals surface area contributed by atoms with E-state index in [-0.39, 0.29) is 31.0 Å². The number of nitrogens with zero attached hydrogens (tertiary/aromatic N) is 1. The van der Waals surface area contributed by atoms with Gasteiger partial charge in [0.15, 0.2) is 0 Å². The van der Waals surface area contributed by atoms with E-state index in [0.717, 1.165) is 12.8 Å². The fourth-order valence-corrected chi connectivity index (χ4v) is 2.07. The van der Waals surface area contributed by atoms with E-state index in [9.17, 15) is 15.0 Å². The van der Waals surface area contributed by atoms with E-state index in [1.54, 1.807) is 0 Å². The molecule has 14 heavy (non-hydrogen) atoms. The summed E-state index contributed by atoms with van der Waals surface area (Å²) in [5.41, 5.74) is 5.59. The highest BCUT2D eigenvalue weighted by Gasteiger charge is 2.39. The molecule has 0 aromatic heterocycles. The van der Waals surface area contributed by atoms with Gasteiger partial charge < -0.3 is 20.8 Å². The maximum absolute atomic E-state index is 11.7. The molecular formula is C9H16N2O3. The number of aliphatic hydroxyl groups is 2. The van der Waals surface area contributed by atoms with Gasteiger partial charge in [-0.1, -0.05) is 0 Å². The first-order chi connectivity index (χ1) is 6.58. The Morgan fingerprint density at radius 1 is 1.21 bits per heavy atom. The van der Waals surface area contributed by atoms with E-state index < -0.39 is 12.2 Å². The Hall–Kier alpha value is -0.650. The lowest BCUT2D eigenvalue weighted by Gasteiger charge is -2.34. The van der Waals surface area contributed by atoms with Crippen molar-refractivity contribution < 1.29 is 15.0 Å². The van der Waals surface area contributed by atoms with E-state index in [0.29, 0.717) is 0 Å². The quantitative estimate of drug-likeness (QED) is 0.470. The molecule has 5 heteroatoms. The molecule has 0 spiro atoms. The Morgan fingerprint density at radius 3 is 2.14 bits per heavy atom. The number of hydrogen-bond donors (Lipinski definition) is 3. The molecule has 0 radical (unpaired) electrons. The Kier molecular flexibility index (Phi) is 2.47. The number of hydrogen-bond acceptors (Lipinski definition) is 4. The maximum Gasteiger partial charge on any atom is 0.225 e. The molecule has 5 nitrogen and oxygen atoms in total. The summed E-state index contributed by atoms with van der Waals surface area (Å²) in [6.07, 6.45) is -0.0938. The van der Waals surface area contributed by atoms with Crippen LogP contribution in [-0.4, -0.2) is 52.4 Å². The van der Waals surface area contributed by atoms with Crippen LogP contribution in [0.1, 0.15) is 12.8 Å². The highest BCUT2D eigenvalue weighted by atomic mass is 16.3. The number of β-amino-alcohol motifs (C(OH)–C–C–N with tert-alkyl or cyclic N) is 2. The second kappa shape index (κ2) is 3.49. The van der Waals surface area contributed by atoms with Crippen LogP contribution in [0.4, 0.5) is 0 Å². The molecule has 2 atom stereocenters. The third-order valence-electron chi connectivity index (χ3n) is 3.09. The van der Waals surface area contributed by atoms with Gasteiger partial charge in [0.2, 0.25) is 5.91 Å². The SMILES string of the molecule is NC1CC(C(=O)N2CC(O)C(O)C2)C1. The summed E-state index contributed by atoms with van der Waals surface area (Å²) >= 11 is 0. The normalized spacial score (nSPS) is 42.4.